The summed E-state index contributed by atoms with van der Waals surface area (Å²) >= 11 is 0. The van der Waals surface area contributed by atoms with E-state index < -0.39 is 0 Å². The summed E-state index contributed by atoms with van der Waals surface area (Å²) in [7, 11) is 3.51. The lowest BCUT2D eigenvalue weighted by Crippen LogP contribution is -2.08. The molecule has 0 amide bonds. The van der Waals surface area contributed by atoms with Gasteiger partial charge in [-0.25, -0.2) is 0 Å². The van der Waals surface area contributed by atoms with Crippen molar-refractivity contribution in [3.05, 3.63) is 41.7 Å². The molecule has 0 aliphatic heterocycles. The van der Waals surface area contributed by atoms with Crippen molar-refractivity contribution in [1.82, 2.24) is 9.78 Å². The molecular weight excluding hydrogens is 242 g/mol. The molecule has 1 aromatic heterocycles. The van der Waals surface area contributed by atoms with E-state index in [1.165, 1.54) is 0 Å². The first-order valence-electron chi connectivity index (χ1n) is 6.15. The van der Waals surface area contributed by atoms with Crippen molar-refractivity contribution >= 4 is 0 Å². The molecule has 0 spiro atoms. The summed E-state index contributed by atoms with van der Waals surface area (Å²) < 4.78 is 12.8. The van der Waals surface area contributed by atoms with Gasteiger partial charge in [0.1, 0.15) is 18.1 Å². The summed E-state index contributed by atoms with van der Waals surface area (Å²) in [6, 6.07) is 7.49. The Morgan fingerprint density at radius 1 is 1.37 bits per heavy atom. The predicted octanol–water partition coefficient (Wildman–Crippen LogP) is 2.03. The van der Waals surface area contributed by atoms with Crippen LogP contribution < -0.4 is 15.2 Å². The Morgan fingerprint density at radius 3 is 2.74 bits per heavy atom. The molecule has 1 heterocycles. The Bertz CT molecular complexity index is 549. The van der Waals surface area contributed by atoms with E-state index in [2.05, 4.69) is 5.10 Å². The van der Waals surface area contributed by atoms with E-state index in [1.54, 1.807) is 11.8 Å². The van der Waals surface area contributed by atoms with Crippen molar-refractivity contribution in [2.24, 2.45) is 12.8 Å². The lowest BCUT2D eigenvalue weighted by Gasteiger charge is -2.14. The normalized spacial score (nSPS) is 12.2. The number of ether oxygens (including phenoxy) is 2. The van der Waals surface area contributed by atoms with Crippen molar-refractivity contribution < 1.29 is 9.47 Å². The van der Waals surface area contributed by atoms with E-state index in [0.29, 0.717) is 6.61 Å². The third kappa shape index (κ3) is 3.26. The second kappa shape index (κ2) is 5.75. The standard InChI is InChI=1S/C14H19N3O2/c1-10(15)13-5-4-12(18-3)8-14(13)19-9-11-6-7-17(2)16-11/h4-8,10H,9,15H2,1-3H3/t10-/m1/s1. The summed E-state index contributed by atoms with van der Waals surface area (Å²) in [5.74, 6) is 1.49. The summed E-state index contributed by atoms with van der Waals surface area (Å²) in [5.41, 5.74) is 7.77. The maximum absolute atomic E-state index is 5.94. The molecule has 2 N–H and O–H groups in total. The quantitative estimate of drug-likeness (QED) is 0.894. The van der Waals surface area contributed by atoms with Crippen LogP contribution in [0.25, 0.3) is 0 Å². The van der Waals surface area contributed by atoms with Gasteiger partial charge in [0.25, 0.3) is 0 Å². The monoisotopic (exact) mass is 261 g/mol. The van der Waals surface area contributed by atoms with Gasteiger partial charge >= 0.3 is 0 Å². The predicted molar refractivity (Wildman–Crippen MR) is 73.1 cm³/mol. The number of hydrogen-bond donors (Lipinski definition) is 1. The van der Waals surface area contributed by atoms with Crippen LogP contribution in [0.1, 0.15) is 24.2 Å². The van der Waals surface area contributed by atoms with E-state index in [4.69, 9.17) is 15.2 Å². The van der Waals surface area contributed by atoms with Gasteiger partial charge in [-0.3, -0.25) is 4.68 Å². The number of methoxy groups -OCH3 is 1. The summed E-state index contributed by atoms with van der Waals surface area (Å²) in [4.78, 5) is 0. The Hall–Kier alpha value is -2.01. The van der Waals surface area contributed by atoms with Gasteiger partial charge < -0.3 is 15.2 Å². The minimum Gasteiger partial charge on any atom is -0.497 e. The van der Waals surface area contributed by atoms with Crippen LogP contribution in [-0.2, 0) is 13.7 Å². The molecule has 0 saturated carbocycles. The highest BCUT2D eigenvalue weighted by Gasteiger charge is 2.10. The second-order valence-corrected chi connectivity index (χ2v) is 4.46. The Kier molecular flexibility index (Phi) is 4.06. The molecule has 2 rings (SSSR count). The van der Waals surface area contributed by atoms with Gasteiger partial charge in [-0.1, -0.05) is 6.07 Å². The fraction of sp³-hybridized carbons (Fsp3) is 0.357. The molecule has 1 aromatic carbocycles. The number of hydrogen-bond acceptors (Lipinski definition) is 4. The topological polar surface area (TPSA) is 62.3 Å². The summed E-state index contributed by atoms with van der Waals surface area (Å²) in [5, 5.41) is 4.27. The molecule has 0 unspecified atom stereocenters. The van der Waals surface area contributed by atoms with Crippen LogP contribution in [0, 0.1) is 0 Å². The SMILES string of the molecule is COc1ccc([C@@H](C)N)c(OCc2ccn(C)n2)c1. The highest BCUT2D eigenvalue weighted by molar-refractivity contribution is 5.42. The van der Waals surface area contributed by atoms with Crippen molar-refractivity contribution in [2.45, 2.75) is 19.6 Å². The van der Waals surface area contributed by atoms with Crippen molar-refractivity contribution in [1.29, 1.82) is 0 Å². The van der Waals surface area contributed by atoms with Crippen LogP contribution in [0.3, 0.4) is 0 Å². The highest BCUT2D eigenvalue weighted by atomic mass is 16.5. The number of aryl methyl sites for hydroxylation is 1. The van der Waals surface area contributed by atoms with Gasteiger partial charge in [-0.2, -0.15) is 5.10 Å². The van der Waals surface area contributed by atoms with Gasteiger partial charge in [-0.15, -0.1) is 0 Å². The Labute approximate surface area is 112 Å². The first-order chi connectivity index (χ1) is 9.10. The molecule has 1 atom stereocenters. The number of benzene rings is 1. The molecule has 19 heavy (non-hydrogen) atoms. The van der Waals surface area contributed by atoms with Gasteiger partial charge in [0.05, 0.1) is 12.8 Å². The van der Waals surface area contributed by atoms with Crippen LogP contribution in [0.4, 0.5) is 0 Å². The van der Waals surface area contributed by atoms with Crippen molar-refractivity contribution in [3.8, 4) is 11.5 Å². The van der Waals surface area contributed by atoms with Gasteiger partial charge in [0, 0.05) is 30.9 Å². The van der Waals surface area contributed by atoms with Crippen LogP contribution >= 0.6 is 0 Å². The zero-order valence-electron chi connectivity index (χ0n) is 11.5. The zero-order chi connectivity index (χ0) is 13.8. The molecule has 5 nitrogen and oxygen atoms in total. The average Bonchev–Trinajstić information content (AvgIpc) is 2.81. The van der Waals surface area contributed by atoms with Crippen LogP contribution in [0.2, 0.25) is 0 Å². The van der Waals surface area contributed by atoms with Gasteiger partial charge in [0.2, 0.25) is 0 Å². The van der Waals surface area contributed by atoms with Crippen LogP contribution in [-0.4, -0.2) is 16.9 Å². The lowest BCUT2D eigenvalue weighted by molar-refractivity contribution is 0.293. The van der Waals surface area contributed by atoms with E-state index in [-0.39, 0.29) is 6.04 Å². The molecule has 0 bridgehead atoms. The smallest absolute Gasteiger partial charge is 0.132 e. The molecule has 102 valence electrons. The Morgan fingerprint density at radius 2 is 2.16 bits per heavy atom. The van der Waals surface area contributed by atoms with E-state index in [9.17, 15) is 0 Å². The largest absolute Gasteiger partial charge is 0.497 e. The summed E-state index contributed by atoms with van der Waals surface area (Å²) in [6.45, 7) is 2.34. The first kappa shape index (κ1) is 13.4. The van der Waals surface area contributed by atoms with Crippen LogP contribution in [0.5, 0.6) is 11.5 Å². The van der Waals surface area contributed by atoms with E-state index >= 15 is 0 Å². The molecule has 5 heteroatoms. The molecule has 0 fully saturated rings. The molecule has 0 saturated heterocycles. The minimum absolute atomic E-state index is 0.0929. The number of rotatable bonds is 5. The lowest BCUT2D eigenvalue weighted by atomic mass is 10.1. The Balaban J connectivity index is 2.17. The highest BCUT2D eigenvalue weighted by Crippen LogP contribution is 2.29. The van der Waals surface area contributed by atoms with E-state index in [1.807, 2.05) is 44.4 Å². The number of nitrogens with two attached hydrogens (primary N) is 1. The summed E-state index contributed by atoms with van der Waals surface area (Å²) in [6.07, 6.45) is 1.89. The van der Waals surface area contributed by atoms with Crippen molar-refractivity contribution in [3.63, 3.8) is 0 Å². The zero-order valence-corrected chi connectivity index (χ0v) is 11.5. The molecular formula is C14H19N3O2. The number of nitrogens with zero attached hydrogens (tertiary/aromatic N) is 2. The third-order valence-electron chi connectivity index (χ3n) is 2.86. The van der Waals surface area contributed by atoms with Gasteiger partial charge in [-0.05, 0) is 19.1 Å². The first-order valence-corrected chi connectivity index (χ1v) is 6.15. The molecule has 0 aliphatic carbocycles. The van der Waals surface area contributed by atoms with E-state index in [0.717, 1.165) is 22.8 Å². The van der Waals surface area contributed by atoms with Crippen molar-refractivity contribution in [2.75, 3.05) is 7.11 Å². The average molecular weight is 261 g/mol. The number of aromatic nitrogens is 2. The second-order valence-electron chi connectivity index (χ2n) is 4.46. The maximum Gasteiger partial charge on any atom is 0.132 e. The van der Waals surface area contributed by atoms with Gasteiger partial charge in [0.15, 0.2) is 0 Å². The minimum atomic E-state index is -0.0929. The molecule has 0 radical (unpaired) electrons. The fourth-order valence-corrected chi connectivity index (χ4v) is 1.83. The molecule has 0 aliphatic rings. The molecule has 2 aromatic rings. The fourth-order valence-electron chi connectivity index (χ4n) is 1.83. The third-order valence-corrected chi connectivity index (χ3v) is 2.86. The maximum atomic E-state index is 5.94. The van der Waals surface area contributed by atoms with Crippen LogP contribution in [0.15, 0.2) is 30.5 Å².